The zero-order chi connectivity index (χ0) is 10.6. The Balaban J connectivity index is 2.86. The predicted octanol–water partition coefficient (Wildman–Crippen LogP) is 2.95. The van der Waals surface area contributed by atoms with Crippen LogP contribution in [0.25, 0.3) is 0 Å². The van der Waals surface area contributed by atoms with Crippen LogP contribution < -0.4 is 0 Å². The van der Waals surface area contributed by atoms with Crippen LogP contribution in [-0.4, -0.2) is 16.1 Å². The van der Waals surface area contributed by atoms with Crippen LogP contribution >= 0.6 is 11.6 Å². The maximum absolute atomic E-state index is 5.79. The molecule has 0 aliphatic heterocycles. The molecule has 0 amide bonds. The minimum Gasteiger partial charge on any atom is -0.282 e. The number of H-pyrrole nitrogens is 1. The first-order valence-electron chi connectivity index (χ1n) is 5.30. The molecule has 1 aromatic heterocycles. The van der Waals surface area contributed by atoms with Crippen LogP contribution in [0.4, 0.5) is 0 Å². The second kappa shape index (κ2) is 5.40. The van der Waals surface area contributed by atoms with Crippen LogP contribution in [0.15, 0.2) is 0 Å². The molecule has 0 aliphatic carbocycles. The molecule has 0 saturated heterocycles. The molecule has 1 rings (SSSR count). The average Bonchev–Trinajstić information content (AvgIpc) is 2.48. The third-order valence-electron chi connectivity index (χ3n) is 2.33. The number of aromatic amines is 1. The molecule has 0 saturated carbocycles. The van der Waals surface area contributed by atoms with Gasteiger partial charge in [0.1, 0.15) is 0 Å². The van der Waals surface area contributed by atoms with Gasteiger partial charge in [-0.1, -0.05) is 20.8 Å². The van der Waals surface area contributed by atoms with Gasteiger partial charge in [-0.25, -0.2) is 0 Å². The zero-order valence-electron chi connectivity index (χ0n) is 9.23. The highest BCUT2D eigenvalue weighted by molar-refractivity contribution is 6.18. The summed E-state index contributed by atoms with van der Waals surface area (Å²) in [6, 6.07) is 0. The molecule has 0 unspecified atom stereocenters. The van der Waals surface area contributed by atoms with Gasteiger partial charge in [0.2, 0.25) is 0 Å². The van der Waals surface area contributed by atoms with E-state index < -0.39 is 0 Å². The second-order valence-corrected chi connectivity index (χ2v) is 4.40. The fourth-order valence-corrected chi connectivity index (χ4v) is 1.89. The first kappa shape index (κ1) is 11.6. The number of rotatable bonds is 5. The second-order valence-electron chi connectivity index (χ2n) is 4.02. The van der Waals surface area contributed by atoms with Gasteiger partial charge in [-0.15, -0.1) is 11.6 Å². The maximum atomic E-state index is 5.79. The van der Waals surface area contributed by atoms with Gasteiger partial charge in [0.25, 0.3) is 0 Å². The molecule has 1 N–H and O–H groups in total. The molecule has 0 atom stereocenters. The van der Waals surface area contributed by atoms with Crippen molar-refractivity contribution in [1.82, 2.24) is 10.2 Å². The molecule has 2 nitrogen and oxygen atoms in total. The first-order valence-corrected chi connectivity index (χ1v) is 5.83. The minimum absolute atomic E-state index is 0.661. The molecular weight excluding hydrogens is 196 g/mol. The van der Waals surface area contributed by atoms with E-state index in [2.05, 4.69) is 31.0 Å². The maximum Gasteiger partial charge on any atom is 0.0654 e. The summed E-state index contributed by atoms with van der Waals surface area (Å²) in [7, 11) is 0. The number of nitrogens with one attached hydrogen (secondary N) is 1. The Morgan fingerprint density at radius 2 is 2.14 bits per heavy atom. The number of aryl methyl sites for hydroxylation is 1. The van der Waals surface area contributed by atoms with Crippen LogP contribution in [0.1, 0.15) is 37.7 Å². The van der Waals surface area contributed by atoms with E-state index in [1.54, 1.807) is 0 Å². The summed E-state index contributed by atoms with van der Waals surface area (Å²) in [6.07, 6.45) is 2.99. The smallest absolute Gasteiger partial charge is 0.0654 e. The van der Waals surface area contributed by atoms with Crippen molar-refractivity contribution in [2.45, 2.75) is 40.0 Å². The molecule has 0 aromatic carbocycles. The van der Waals surface area contributed by atoms with Crippen LogP contribution in [0.3, 0.4) is 0 Å². The highest BCUT2D eigenvalue weighted by atomic mass is 35.5. The molecule has 0 fully saturated rings. The van der Waals surface area contributed by atoms with E-state index in [1.165, 1.54) is 17.0 Å². The van der Waals surface area contributed by atoms with Gasteiger partial charge in [-0.3, -0.25) is 5.10 Å². The summed E-state index contributed by atoms with van der Waals surface area (Å²) >= 11 is 5.79. The fraction of sp³-hybridized carbons (Fsp3) is 0.727. The van der Waals surface area contributed by atoms with E-state index in [0.29, 0.717) is 11.8 Å². The van der Waals surface area contributed by atoms with E-state index in [0.717, 1.165) is 19.3 Å². The lowest BCUT2D eigenvalue weighted by Gasteiger charge is -2.05. The first-order chi connectivity index (χ1) is 6.69. The third kappa shape index (κ3) is 2.74. The Bertz CT molecular complexity index is 279. The summed E-state index contributed by atoms with van der Waals surface area (Å²) < 4.78 is 0. The normalized spacial score (nSPS) is 11.2. The summed E-state index contributed by atoms with van der Waals surface area (Å²) in [5.41, 5.74) is 3.80. The molecule has 1 aromatic rings. The Morgan fingerprint density at radius 1 is 1.43 bits per heavy atom. The van der Waals surface area contributed by atoms with Crippen molar-refractivity contribution in [3.63, 3.8) is 0 Å². The van der Waals surface area contributed by atoms with Gasteiger partial charge < -0.3 is 0 Å². The average molecular weight is 215 g/mol. The summed E-state index contributed by atoms with van der Waals surface area (Å²) in [5.74, 6) is 1.34. The number of alkyl halides is 1. The van der Waals surface area contributed by atoms with Crippen molar-refractivity contribution in [1.29, 1.82) is 0 Å². The standard InChI is InChI=1S/C11H19ClN2/c1-4-10-9(5-6-12)11(14-13-10)7-8(2)3/h8H,4-7H2,1-3H3,(H,13,14). The van der Waals surface area contributed by atoms with Crippen molar-refractivity contribution < 1.29 is 0 Å². The lowest BCUT2D eigenvalue weighted by molar-refractivity contribution is 0.630. The monoisotopic (exact) mass is 214 g/mol. The van der Waals surface area contributed by atoms with Gasteiger partial charge in [0.05, 0.1) is 5.69 Å². The van der Waals surface area contributed by atoms with Crippen LogP contribution in [0.2, 0.25) is 0 Å². The van der Waals surface area contributed by atoms with E-state index in [9.17, 15) is 0 Å². The van der Waals surface area contributed by atoms with Gasteiger partial charge >= 0.3 is 0 Å². The largest absolute Gasteiger partial charge is 0.282 e. The van der Waals surface area contributed by atoms with Crippen molar-refractivity contribution in [3.8, 4) is 0 Å². The molecule has 80 valence electrons. The Kier molecular flexibility index (Phi) is 4.46. The van der Waals surface area contributed by atoms with E-state index in [1.807, 2.05) is 0 Å². The Labute approximate surface area is 91.1 Å². The molecule has 3 heteroatoms. The van der Waals surface area contributed by atoms with Gasteiger partial charge in [0, 0.05) is 11.6 Å². The predicted molar refractivity (Wildman–Crippen MR) is 60.9 cm³/mol. The highest BCUT2D eigenvalue weighted by Gasteiger charge is 2.11. The van der Waals surface area contributed by atoms with Gasteiger partial charge in [0.15, 0.2) is 0 Å². The van der Waals surface area contributed by atoms with Gasteiger partial charge in [-0.2, -0.15) is 5.10 Å². The highest BCUT2D eigenvalue weighted by Crippen LogP contribution is 2.17. The van der Waals surface area contributed by atoms with Crippen LogP contribution in [-0.2, 0) is 19.3 Å². The lowest BCUT2D eigenvalue weighted by atomic mass is 10.0. The van der Waals surface area contributed by atoms with Crippen molar-refractivity contribution in [3.05, 3.63) is 17.0 Å². The minimum atomic E-state index is 0.661. The number of hydrogen-bond acceptors (Lipinski definition) is 1. The van der Waals surface area contributed by atoms with Crippen LogP contribution in [0.5, 0.6) is 0 Å². The third-order valence-corrected chi connectivity index (χ3v) is 2.52. The van der Waals surface area contributed by atoms with E-state index in [-0.39, 0.29) is 0 Å². The molecule has 14 heavy (non-hydrogen) atoms. The van der Waals surface area contributed by atoms with E-state index in [4.69, 9.17) is 11.6 Å². The topological polar surface area (TPSA) is 28.7 Å². The molecule has 0 radical (unpaired) electrons. The molecule has 0 spiro atoms. The van der Waals surface area contributed by atoms with Crippen molar-refractivity contribution >= 4 is 11.6 Å². The zero-order valence-corrected chi connectivity index (χ0v) is 9.99. The summed E-state index contributed by atoms with van der Waals surface area (Å²) in [4.78, 5) is 0. The molecule has 1 heterocycles. The number of hydrogen-bond donors (Lipinski definition) is 1. The number of nitrogens with zero attached hydrogens (tertiary/aromatic N) is 1. The fourth-order valence-electron chi connectivity index (χ4n) is 1.70. The van der Waals surface area contributed by atoms with Crippen molar-refractivity contribution in [2.75, 3.05) is 5.88 Å². The summed E-state index contributed by atoms with van der Waals surface area (Å²) in [6.45, 7) is 6.57. The Hall–Kier alpha value is -0.500. The Morgan fingerprint density at radius 3 is 2.64 bits per heavy atom. The van der Waals surface area contributed by atoms with Crippen molar-refractivity contribution in [2.24, 2.45) is 5.92 Å². The SMILES string of the molecule is CCc1n[nH]c(CC(C)C)c1CCCl. The number of halogens is 1. The van der Waals surface area contributed by atoms with Crippen LogP contribution in [0, 0.1) is 5.92 Å². The lowest BCUT2D eigenvalue weighted by Crippen LogP contribution is -2.00. The molecule has 0 aliphatic rings. The van der Waals surface area contributed by atoms with E-state index >= 15 is 0 Å². The quantitative estimate of drug-likeness (QED) is 0.751. The molecular formula is C11H19ClN2. The summed E-state index contributed by atoms with van der Waals surface area (Å²) in [5, 5.41) is 7.46. The molecule has 0 bridgehead atoms. The van der Waals surface area contributed by atoms with Gasteiger partial charge in [-0.05, 0) is 30.7 Å². The number of aromatic nitrogens is 2.